The number of benzene rings is 3. The van der Waals surface area contributed by atoms with Gasteiger partial charge in [0.1, 0.15) is 21.3 Å². The third-order valence-corrected chi connectivity index (χ3v) is 7.39. The van der Waals surface area contributed by atoms with Crippen molar-refractivity contribution in [3.63, 3.8) is 0 Å². The fourth-order valence-electron chi connectivity index (χ4n) is 2.47. The Kier molecular flexibility index (Phi) is 6.33. The molecule has 0 aliphatic carbocycles. The molecule has 0 aliphatic heterocycles. The van der Waals surface area contributed by atoms with E-state index in [1.807, 2.05) is 0 Å². The van der Waals surface area contributed by atoms with Gasteiger partial charge in [0.15, 0.2) is 0 Å². The molecule has 0 fully saturated rings. The summed E-state index contributed by atoms with van der Waals surface area (Å²) in [4.78, 5) is -0.681. The van der Waals surface area contributed by atoms with Crippen LogP contribution >= 0.6 is 23.2 Å². The van der Waals surface area contributed by atoms with Crippen LogP contribution in [0.1, 0.15) is 11.1 Å². The first kappa shape index (κ1) is 22.4. The van der Waals surface area contributed by atoms with E-state index >= 15 is 0 Å². The van der Waals surface area contributed by atoms with Crippen LogP contribution in [0.25, 0.3) is 0 Å². The van der Waals surface area contributed by atoms with Crippen molar-refractivity contribution in [2.45, 2.75) is 23.6 Å². The maximum atomic E-state index is 12.6. The Bertz CT molecular complexity index is 1220. The summed E-state index contributed by atoms with van der Waals surface area (Å²) in [5, 5.41) is 0.921. The Morgan fingerprint density at radius 3 is 1.40 bits per heavy atom. The second-order valence-corrected chi connectivity index (χ2v) is 10.3. The van der Waals surface area contributed by atoms with Crippen LogP contribution in [0, 0.1) is 13.8 Å². The zero-order chi connectivity index (χ0) is 22.1. The largest absolute Gasteiger partial charge is 0.379 e. The van der Waals surface area contributed by atoms with Gasteiger partial charge < -0.3 is 8.37 Å². The van der Waals surface area contributed by atoms with E-state index in [9.17, 15) is 16.8 Å². The Morgan fingerprint density at radius 1 is 0.633 bits per heavy atom. The summed E-state index contributed by atoms with van der Waals surface area (Å²) in [7, 11) is -8.58. The van der Waals surface area contributed by atoms with Gasteiger partial charge in [-0.25, -0.2) is 0 Å². The predicted octanol–water partition coefficient (Wildman–Crippen LogP) is 5.15. The third-order valence-electron chi connectivity index (χ3n) is 4.05. The number of aryl methyl sites for hydroxylation is 2. The molecule has 0 saturated heterocycles. The van der Waals surface area contributed by atoms with Crippen molar-refractivity contribution in [3.8, 4) is 11.5 Å². The van der Waals surface area contributed by atoms with Crippen LogP contribution in [0.4, 0.5) is 0 Å². The smallest absolute Gasteiger partial charge is 0.339 e. The minimum atomic E-state index is -4.29. The zero-order valence-electron chi connectivity index (χ0n) is 15.8. The van der Waals surface area contributed by atoms with Gasteiger partial charge in [0.2, 0.25) is 0 Å². The van der Waals surface area contributed by atoms with Gasteiger partial charge in [-0.3, -0.25) is 0 Å². The Balaban J connectivity index is 1.90. The third kappa shape index (κ3) is 5.07. The summed E-state index contributed by atoms with van der Waals surface area (Å²) in [5.74, 6) is 0.107. The van der Waals surface area contributed by atoms with Gasteiger partial charge in [0.05, 0.1) is 0 Å². The highest BCUT2D eigenvalue weighted by Crippen LogP contribution is 2.27. The monoisotopic (exact) mass is 486 g/mol. The van der Waals surface area contributed by atoms with E-state index in [0.717, 1.165) is 6.07 Å². The number of rotatable bonds is 6. The molecule has 158 valence electrons. The minimum absolute atomic E-state index is 0.0537. The van der Waals surface area contributed by atoms with E-state index in [1.165, 1.54) is 54.6 Å². The van der Waals surface area contributed by atoms with Gasteiger partial charge in [-0.15, -0.1) is 0 Å². The van der Waals surface area contributed by atoms with Crippen LogP contribution < -0.4 is 8.37 Å². The van der Waals surface area contributed by atoms with Crippen molar-refractivity contribution in [2.75, 3.05) is 0 Å². The van der Waals surface area contributed by atoms with Crippen molar-refractivity contribution in [1.82, 2.24) is 0 Å². The van der Waals surface area contributed by atoms with Crippen molar-refractivity contribution in [3.05, 3.63) is 81.8 Å². The topological polar surface area (TPSA) is 86.7 Å². The number of halogens is 2. The molecule has 30 heavy (non-hydrogen) atoms. The molecule has 0 aromatic heterocycles. The second-order valence-electron chi connectivity index (χ2n) is 6.37. The lowest BCUT2D eigenvalue weighted by Gasteiger charge is -2.11. The predicted molar refractivity (Wildman–Crippen MR) is 114 cm³/mol. The van der Waals surface area contributed by atoms with Crippen molar-refractivity contribution >= 4 is 43.4 Å². The second kappa shape index (κ2) is 8.47. The van der Waals surface area contributed by atoms with Crippen LogP contribution in [0.15, 0.2) is 70.5 Å². The van der Waals surface area contributed by atoms with Gasteiger partial charge in [0.25, 0.3) is 0 Å². The number of hydrogen-bond donors (Lipinski definition) is 0. The minimum Gasteiger partial charge on any atom is -0.379 e. The van der Waals surface area contributed by atoms with E-state index in [1.54, 1.807) is 13.8 Å². The number of hydrogen-bond acceptors (Lipinski definition) is 6. The summed E-state index contributed by atoms with van der Waals surface area (Å²) in [6.07, 6.45) is 0. The first-order valence-electron chi connectivity index (χ1n) is 8.49. The van der Waals surface area contributed by atoms with Gasteiger partial charge in [0, 0.05) is 10.0 Å². The molecule has 0 unspecified atom stereocenters. The maximum Gasteiger partial charge on any atom is 0.339 e. The van der Waals surface area contributed by atoms with Crippen molar-refractivity contribution < 1.29 is 25.2 Å². The first-order chi connectivity index (χ1) is 14.0. The van der Waals surface area contributed by atoms with E-state index in [0.29, 0.717) is 21.2 Å². The fourth-order valence-corrected chi connectivity index (χ4v) is 4.72. The summed E-state index contributed by atoms with van der Waals surface area (Å²) in [5.41, 5.74) is 1.26. The van der Waals surface area contributed by atoms with Crippen LogP contribution in [0.5, 0.6) is 11.5 Å². The molecule has 0 saturated carbocycles. The normalized spacial score (nSPS) is 11.9. The maximum absolute atomic E-state index is 12.6. The van der Waals surface area contributed by atoms with Gasteiger partial charge in [-0.05, 0) is 79.6 Å². The molecular weight excluding hydrogens is 471 g/mol. The molecule has 0 spiro atoms. The summed E-state index contributed by atoms with van der Waals surface area (Å²) in [6, 6.07) is 13.4. The van der Waals surface area contributed by atoms with Crippen LogP contribution in [0.3, 0.4) is 0 Å². The van der Waals surface area contributed by atoms with Crippen LogP contribution in [0.2, 0.25) is 10.0 Å². The summed E-state index contributed by atoms with van der Waals surface area (Å²) >= 11 is 11.9. The molecule has 0 heterocycles. The molecule has 0 N–H and O–H groups in total. The Labute approximate surface area is 185 Å². The zero-order valence-corrected chi connectivity index (χ0v) is 18.9. The average Bonchev–Trinajstić information content (AvgIpc) is 2.67. The fraction of sp³-hybridized carbons (Fsp3) is 0.100. The lowest BCUT2D eigenvalue weighted by atomic mass is 10.2. The quantitative estimate of drug-likeness (QED) is 0.448. The van der Waals surface area contributed by atoms with E-state index in [4.69, 9.17) is 31.6 Å². The van der Waals surface area contributed by atoms with Crippen molar-refractivity contribution in [1.29, 1.82) is 0 Å². The first-order valence-corrected chi connectivity index (χ1v) is 12.1. The molecule has 3 rings (SSSR count). The molecule has 10 heteroatoms. The van der Waals surface area contributed by atoms with E-state index < -0.39 is 20.2 Å². The highest BCUT2D eigenvalue weighted by Gasteiger charge is 2.23. The van der Waals surface area contributed by atoms with E-state index in [-0.39, 0.29) is 21.3 Å². The van der Waals surface area contributed by atoms with Crippen LogP contribution in [-0.2, 0) is 20.2 Å². The average molecular weight is 487 g/mol. The lowest BCUT2D eigenvalue weighted by Crippen LogP contribution is -2.13. The molecule has 0 aliphatic rings. The Morgan fingerprint density at radius 2 is 1.03 bits per heavy atom. The highest BCUT2D eigenvalue weighted by atomic mass is 35.5. The molecule has 0 radical (unpaired) electrons. The van der Waals surface area contributed by atoms with Gasteiger partial charge in [-0.2, -0.15) is 16.8 Å². The van der Waals surface area contributed by atoms with E-state index in [2.05, 4.69) is 0 Å². The molecule has 0 amide bonds. The Hall–Kier alpha value is -2.26. The molecule has 3 aromatic carbocycles. The summed E-state index contributed by atoms with van der Waals surface area (Å²) in [6.45, 7) is 3.40. The standard InChI is InChI=1S/C20H16Cl2O6S2/c1-13-10-15(6-8-19(13)21)27-29(23,24)17-4-3-5-18(12-17)30(25,26)28-16-7-9-20(22)14(2)11-16/h3-12H,1-2H3. The summed E-state index contributed by atoms with van der Waals surface area (Å²) < 4.78 is 60.7. The van der Waals surface area contributed by atoms with Crippen LogP contribution in [-0.4, -0.2) is 16.8 Å². The van der Waals surface area contributed by atoms with Crippen molar-refractivity contribution in [2.24, 2.45) is 0 Å². The SMILES string of the molecule is Cc1cc(OS(=O)(=O)c2cccc(S(=O)(=O)Oc3ccc(Cl)c(C)c3)c2)ccc1Cl. The van der Waals surface area contributed by atoms with Gasteiger partial charge in [-0.1, -0.05) is 29.3 Å². The van der Waals surface area contributed by atoms with Gasteiger partial charge >= 0.3 is 20.2 Å². The molecule has 0 atom stereocenters. The molecular formula is C20H16Cl2O6S2. The highest BCUT2D eigenvalue weighted by molar-refractivity contribution is 7.88. The molecule has 6 nitrogen and oxygen atoms in total. The lowest BCUT2D eigenvalue weighted by molar-refractivity contribution is 0.483. The molecule has 3 aromatic rings. The molecule has 0 bridgehead atoms.